The minimum atomic E-state index is 0.292. The number of thiazole rings is 1. The molecule has 0 aliphatic rings. The van der Waals surface area contributed by atoms with Crippen molar-refractivity contribution in [2.75, 3.05) is 0 Å². The molecule has 1 aromatic carbocycles. The number of fused-ring (bicyclic) bond motifs is 1. The highest BCUT2D eigenvalue weighted by Crippen LogP contribution is 2.25. The first-order chi connectivity index (χ1) is 6.29. The maximum absolute atomic E-state index is 9.23. The van der Waals surface area contributed by atoms with Crippen molar-refractivity contribution in [3.05, 3.63) is 23.2 Å². The van der Waals surface area contributed by atoms with Crippen molar-refractivity contribution in [2.24, 2.45) is 0 Å². The zero-order valence-corrected chi connectivity index (χ0v) is 8.27. The summed E-state index contributed by atoms with van der Waals surface area (Å²) in [4.78, 5) is 4.42. The molecule has 0 radical (unpaired) electrons. The third-order valence-electron chi connectivity index (χ3n) is 1.88. The van der Waals surface area contributed by atoms with Crippen molar-refractivity contribution < 1.29 is 5.11 Å². The fourth-order valence-electron chi connectivity index (χ4n) is 1.28. The van der Waals surface area contributed by atoms with Gasteiger partial charge in [0.15, 0.2) is 0 Å². The van der Waals surface area contributed by atoms with Crippen LogP contribution in [0.1, 0.15) is 18.4 Å². The molecule has 0 aliphatic carbocycles. The summed E-state index contributed by atoms with van der Waals surface area (Å²) in [7, 11) is 0. The summed E-state index contributed by atoms with van der Waals surface area (Å²) in [6.07, 6.45) is 2.14. The predicted molar refractivity (Wildman–Crippen MR) is 55.3 cm³/mol. The number of phenolic OH excluding ortho intramolecular Hbond substituents is 1. The van der Waals surface area contributed by atoms with E-state index in [2.05, 4.69) is 11.9 Å². The molecule has 68 valence electrons. The van der Waals surface area contributed by atoms with Crippen LogP contribution in [0, 0.1) is 0 Å². The van der Waals surface area contributed by atoms with Gasteiger partial charge in [-0.3, -0.25) is 0 Å². The van der Waals surface area contributed by atoms with Gasteiger partial charge in [0.05, 0.1) is 15.2 Å². The molecule has 0 atom stereocenters. The van der Waals surface area contributed by atoms with Gasteiger partial charge in [0.2, 0.25) is 0 Å². The lowest BCUT2D eigenvalue weighted by molar-refractivity contribution is 0.476. The molecule has 13 heavy (non-hydrogen) atoms. The molecular formula is C10H11NOS. The van der Waals surface area contributed by atoms with Gasteiger partial charge in [-0.05, 0) is 25.0 Å². The van der Waals surface area contributed by atoms with Crippen LogP contribution >= 0.6 is 11.3 Å². The van der Waals surface area contributed by atoms with Gasteiger partial charge in [0, 0.05) is 6.07 Å². The molecule has 0 unspecified atom stereocenters. The second kappa shape index (κ2) is 3.34. The summed E-state index contributed by atoms with van der Waals surface area (Å²) in [6.45, 7) is 2.14. The lowest BCUT2D eigenvalue weighted by Gasteiger charge is -1.88. The van der Waals surface area contributed by atoms with Crippen molar-refractivity contribution in [3.8, 4) is 5.75 Å². The number of benzene rings is 1. The van der Waals surface area contributed by atoms with Gasteiger partial charge >= 0.3 is 0 Å². The van der Waals surface area contributed by atoms with E-state index in [1.165, 1.54) is 0 Å². The van der Waals surface area contributed by atoms with Gasteiger partial charge in [-0.15, -0.1) is 11.3 Å². The van der Waals surface area contributed by atoms with E-state index in [1.54, 1.807) is 23.5 Å². The first kappa shape index (κ1) is 8.51. The van der Waals surface area contributed by atoms with E-state index in [0.29, 0.717) is 5.75 Å². The second-order valence-electron chi connectivity index (χ2n) is 3.01. The molecular weight excluding hydrogens is 182 g/mol. The molecule has 2 aromatic rings. The van der Waals surface area contributed by atoms with Gasteiger partial charge in [0.25, 0.3) is 0 Å². The molecule has 0 amide bonds. The third-order valence-corrected chi connectivity index (χ3v) is 2.98. The molecule has 1 aromatic heterocycles. The number of phenols is 1. The summed E-state index contributed by atoms with van der Waals surface area (Å²) in [6, 6.07) is 5.34. The van der Waals surface area contributed by atoms with E-state index < -0.39 is 0 Å². The van der Waals surface area contributed by atoms with Gasteiger partial charge in [-0.25, -0.2) is 4.98 Å². The van der Waals surface area contributed by atoms with Crippen LogP contribution in [0.3, 0.4) is 0 Å². The van der Waals surface area contributed by atoms with Gasteiger partial charge < -0.3 is 5.11 Å². The lowest BCUT2D eigenvalue weighted by atomic mass is 10.3. The number of aromatic hydroxyl groups is 1. The molecule has 0 fully saturated rings. The van der Waals surface area contributed by atoms with E-state index in [0.717, 1.165) is 28.1 Å². The molecule has 1 heterocycles. The maximum Gasteiger partial charge on any atom is 0.117 e. The molecule has 0 spiro atoms. The Morgan fingerprint density at radius 1 is 1.46 bits per heavy atom. The van der Waals surface area contributed by atoms with Crippen LogP contribution in [0.15, 0.2) is 18.2 Å². The van der Waals surface area contributed by atoms with Crippen LogP contribution in [0.2, 0.25) is 0 Å². The molecule has 1 N–H and O–H groups in total. The third kappa shape index (κ3) is 1.65. The zero-order valence-electron chi connectivity index (χ0n) is 7.45. The summed E-state index contributed by atoms with van der Waals surface area (Å²) < 4.78 is 1.15. The van der Waals surface area contributed by atoms with Crippen LogP contribution in [-0.4, -0.2) is 10.1 Å². The molecule has 2 rings (SSSR count). The van der Waals surface area contributed by atoms with Crippen LogP contribution in [-0.2, 0) is 6.42 Å². The Labute approximate surface area is 80.9 Å². The standard InChI is InChI=1S/C10H11NOS/c1-2-3-10-11-8-6-7(12)4-5-9(8)13-10/h4-6,12H,2-3H2,1H3. The maximum atomic E-state index is 9.23. The second-order valence-corrected chi connectivity index (χ2v) is 4.12. The molecule has 0 saturated carbocycles. The average molecular weight is 193 g/mol. The monoisotopic (exact) mass is 193 g/mol. The Bertz CT molecular complexity index is 422. The van der Waals surface area contributed by atoms with Gasteiger partial charge in [0.1, 0.15) is 5.75 Å². The summed E-state index contributed by atoms with van der Waals surface area (Å²) in [5.41, 5.74) is 0.911. The first-order valence-corrected chi connectivity index (χ1v) is 5.19. The topological polar surface area (TPSA) is 33.1 Å². The minimum absolute atomic E-state index is 0.292. The Hall–Kier alpha value is -1.09. The number of rotatable bonds is 2. The van der Waals surface area contributed by atoms with E-state index in [1.807, 2.05) is 6.07 Å². The fraction of sp³-hybridized carbons (Fsp3) is 0.300. The highest BCUT2D eigenvalue weighted by atomic mass is 32.1. The molecule has 0 bridgehead atoms. The van der Waals surface area contributed by atoms with Gasteiger partial charge in [-0.1, -0.05) is 6.92 Å². The number of aryl methyl sites for hydroxylation is 1. The molecule has 0 aliphatic heterocycles. The zero-order chi connectivity index (χ0) is 9.26. The predicted octanol–water partition coefficient (Wildman–Crippen LogP) is 2.95. The molecule has 2 nitrogen and oxygen atoms in total. The lowest BCUT2D eigenvalue weighted by Crippen LogP contribution is -1.78. The fourth-order valence-corrected chi connectivity index (χ4v) is 2.33. The Balaban J connectivity index is 2.49. The molecule has 3 heteroatoms. The van der Waals surface area contributed by atoms with Crippen LogP contribution in [0.5, 0.6) is 5.75 Å². The van der Waals surface area contributed by atoms with Crippen LogP contribution in [0.25, 0.3) is 10.2 Å². The smallest absolute Gasteiger partial charge is 0.117 e. The first-order valence-electron chi connectivity index (χ1n) is 4.38. The van der Waals surface area contributed by atoms with Crippen molar-refractivity contribution in [3.63, 3.8) is 0 Å². The number of nitrogens with zero attached hydrogens (tertiary/aromatic N) is 1. The number of aromatic nitrogens is 1. The Kier molecular flexibility index (Phi) is 2.19. The van der Waals surface area contributed by atoms with Crippen molar-refractivity contribution in [1.82, 2.24) is 4.98 Å². The van der Waals surface area contributed by atoms with E-state index in [-0.39, 0.29) is 0 Å². The largest absolute Gasteiger partial charge is 0.508 e. The SMILES string of the molecule is CCCc1nc2cc(O)ccc2s1. The van der Waals surface area contributed by atoms with Crippen LogP contribution in [0.4, 0.5) is 0 Å². The quantitative estimate of drug-likeness (QED) is 0.795. The van der Waals surface area contributed by atoms with E-state index >= 15 is 0 Å². The Morgan fingerprint density at radius 3 is 3.08 bits per heavy atom. The molecule has 0 saturated heterocycles. The number of hydrogen-bond acceptors (Lipinski definition) is 3. The van der Waals surface area contributed by atoms with E-state index in [4.69, 9.17) is 0 Å². The van der Waals surface area contributed by atoms with E-state index in [9.17, 15) is 5.11 Å². The summed E-state index contributed by atoms with van der Waals surface area (Å²) in [5.74, 6) is 0.292. The van der Waals surface area contributed by atoms with Crippen molar-refractivity contribution in [2.45, 2.75) is 19.8 Å². The van der Waals surface area contributed by atoms with Crippen molar-refractivity contribution in [1.29, 1.82) is 0 Å². The van der Waals surface area contributed by atoms with Gasteiger partial charge in [-0.2, -0.15) is 0 Å². The number of hydrogen-bond donors (Lipinski definition) is 1. The van der Waals surface area contributed by atoms with Crippen molar-refractivity contribution >= 4 is 21.6 Å². The summed E-state index contributed by atoms with van der Waals surface area (Å²) in [5, 5.41) is 10.4. The minimum Gasteiger partial charge on any atom is -0.508 e. The highest BCUT2D eigenvalue weighted by molar-refractivity contribution is 7.18. The average Bonchev–Trinajstić information content (AvgIpc) is 2.46. The normalized spacial score (nSPS) is 10.8. The van der Waals surface area contributed by atoms with Crippen LogP contribution < -0.4 is 0 Å². The highest BCUT2D eigenvalue weighted by Gasteiger charge is 2.02. The Morgan fingerprint density at radius 2 is 2.31 bits per heavy atom. The summed E-state index contributed by atoms with van der Waals surface area (Å²) >= 11 is 1.71.